The highest BCUT2D eigenvalue weighted by Gasteiger charge is 2.47. The number of alkyl halides is 1. The Labute approximate surface area is 231 Å². The van der Waals surface area contributed by atoms with Gasteiger partial charge in [-0.1, -0.05) is 32.0 Å². The quantitative estimate of drug-likeness (QED) is 0.152. The lowest BCUT2D eigenvalue weighted by molar-refractivity contribution is -0.170. The van der Waals surface area contributed by atoms with E-state index in [4.69, 9.17) is 24.3 Å². The van der Waals surface area contributed by atoms with Gasteiger partial charge in [-0.05, 0) is 37.1 Å². The Morgan fingerprint density at radius 3 is 2.52 bits per heavy atom. The fraction of sp³-hybridized carbons (Fsp3) is 0.480. The van der Waals surface area contributed by atoms with Crippen LogP contribution in [-0.4, -0.2) is 75.5 Å². The van der Waals surface area contributed by atoms with Crippen molar-refractivity contribution < 1.29 is 42.5 Å². The number of anilines is 1. The summed E-state index contributed by atoms with van der Waals surface area (Å²) in [5.74, 6) is -0.391. The highest BCUT2D eigenvalue weighted by atomic mass is 31.2. The number of nitrogen functional groups attached to an aromatic ring is 1. The van der Waals surface area contributed by atoms with Crippen LogP contribution in [0.2, 0.25) is 0 Å². The van der Waals surface area contributed by atoms with Crippen molar-refractivity contribution in [2.45, 2.75) is 44.6 Å². The third-order valence-corrected chi connectivity index (χ3v) is 7.62. The van der Waals surface area contributed by atoms with Gasteiger partial charge in [0.1, 0.15) is 48.1 Å². The van der Waals surface area contributed by atoms with Gasteiger partial charge in [-0.25, -0.2) is 18.5 Å². The van der Waals surface area contributed by atoms with Gasteiger partial charge in [0.2, 0.25) is 0 Å². The first-order valence-corrected chi connectivity index (χ1v) is 14.0. The molecule has 40 heavy (non-hydrogen) atoms. The number of esters is 1. The third kappa shape index (κ3) is 7.33. The van der Waals surface area contributed by atoms with Gasteiger partial charge in [0.05, 0.1) is 18.9 Å². The van der Waals surface area contributed by atoms with Crippen LogP contribution >= 0.6 is 7.75 Å². The molecule has 0 amide bonds. The van der Waals surface area contributed by atoms with Crippen molar-refractivity contribution in [2.24, 2.45) is 5.92 Å². The minimum atomic E-state index is -4.43. The molecular weight excluding hydrogens is 548 g/mol. The molecule has 2 aromatic heterocycles. The molecule has 0 aliphatic heterocycles. The van der Waals surface area contributed by atoms with Crippen LogP contribution in [-0.2, 0) is 23.4 Å². The molecule has 0 aliphatic carbocycles. The van der Waals surface area contributed by atoms with E-state index in [-0.39, 0.29) is 29.8 Å². The van der Waals surface area contributed by atoms with Crippen molar-refractivity contribution in [1.82, 2.24) is 19.7 Å². The summed E-state index contributed by atoms with van der Waals surface area (Å²) in [5, 5.41) is 28.6. The summed E-state index contributed by atoms with van der Waals surface area (Å²) in [6, 6.07) is 9.76. The maximum absolute atomic E-state index is 14.6. The first-order chi connectivity index (χ1) is 18.9. The first kappa shape index (κ1) is 31.4. The number of carbonyl (C=O) groups is 1. The number of nitrogens with zero attached hydrogens (tertiary/aromatic N) is 3. The van der Waals surface area contributed by atoms with Crippen LogP contribution in [0.3, 0.4) is 0 Å². The zero-order chi connectivity index (χ0) is 29.5. The van der Waals surface area contributed by atoms with Gasteiger partial charge in [-0.2, -0.15) is 10.2 Å². The van der Waals surface area contributed by atoms with Crippen molar-refractivity contribution in [3.8, 4) is 5.75 Å². The highest BCUT2D eigenvalue weighted by Crippen LogP contribution is 2.46. The number of nitrogens with one attached hydrogen (secondary N) is 1. The molecule has 0 radical (unpaired) electrons. The number of benzene rings is 1. The van der Waals surface area contributed by atoms with Crippen LogP contribution in [0.15, 0.2) is 48.8 Å². The van der Waals surface area contributed by atoms with E-state index in [9.17, 15) is 24.0 Å². The Hall–Kier alpha value is -3.13. The van der Waals surface area contributed by atoms with Crippen molar-refractivity contribution >= 4 is 25.1 Å². The number of hydrogen-bond donors (Lipinski definition) is 4. The number of carbonyl (C=O) groups excluding carboxylic acids is 1. The lowest BCUT2D eigenvalue weighted by Gasteiger charge is -2.37. The molecule has 3 aromatic rings. The summed E-state index contributed by atoms with van der Waals surface area (Å²) in [4.78, 5) is 16.3. The summed E-state index contributed by atoms with van der Waals surface area (Å²) in [7, 11) is -3.33. The molecule has 2 heterocycles. The summed E-state index contributed by atoms with van der Waals surface area (Å²) >= 11 is 0. The summed E-state index contributed by atoms with van der Waals surface area (Å²) in [6.07, 6.45) is -2.54. The third-order valence-electron chi connectivity index (χ3n) is 6.00. The van der Waals surface area contributed by atoms with Crippen LogP contribution in [0, 0.1) is 5.92 Å². The second-order valence-electron chi connectivity index (χ2n) is 9.54. The minimum absolute atomic E-state index is 0.0647. The Morgan fingerprint density at radius 1 is 1.20 bits per heavy atom. The number of hydrogen-bond acceptors (Lipinski definition) is 11. The number of fused-ring (bicyclic) bond motifs is 1. The van der Waals surface area contributed by atoms with Crippen LogP contribution in [0.4, 0.5) is 10.2 Å². The van der Waals surface area contributed by atoms with E-state index in [1.165, 1.54) is 35.7 Å². The Kier molecular flexibility index (Phi) is 10.6. The normalized spacial score (nSPS) is 17.1. The molecule has 220 valence electrons. The zero-order valence-electron chi connectivity index (χ0n) is 22.6. The molecule has 0 bridgehead atoms. The number of aromatic nitrogens is 3. The van der Waals surface area contributed by atoms with Gasteiger partial charge >= 0.3 is 13.7 Å². The van der Waals surface area contributed by atoms with Crippen molar-refractivity contribution in [3.63, 3.8) is 0 Å². The number of ether oxygens (including phenoxy) is 2. The van der Waals surface area contributed by atoms with Crippen LogP contribution in [0.1, 0.15) is 32.6 Å². The number of aliphatic hydroxyl groups is 2. The van der Waals surface area contributed by atoms with E-state index in [0.29, 0.717) is 5.52 Å². The van der Waals surface area contributed by atoms with Gasteiger partial charge in [-0.3, -0.25) is 9.32 Å². The average Bonchev–Trinajstić information content (AvgIpc) is 3.38. The van der Waals surface area contributed by atoms with E-state index in [1.807, 2.05) is 13.8 Å². The Bertz CT molecular complexity index is 1310. The maximum atomic E-state index is 14.6. The number of nitrogens with two attached hydrogens (primary N) is 1. The molecule has 5 atom stereocenters. The molecular formula is C25H35FN5O8P. The molecule has 1 aromatic carbocycles. The molecule has 15 heteroatoms. The molecule has 0 saturated heterocycles. The second kappa shape index (κ2) is 13.5. The fourth-order valence-corrected chi connectivity index (χ4v) is 5.20. The average molecular weight is 584 g/mol. The van der Waals surface area contributed by atoms with Gasteiger partial charge in [0, 0.05) is 7.11 Å². The van der Waals surface area contributed by atoms with Gasteiger partial charge in [0.15, 0.2) is 5.82 Å². The Balaban J connectivity index is 1.85. The van der Waals surface area contributed by atoms with E-state index < -0.39 is 50.8 Å². The van der Waals surface area contributed by atoms with Gasteiger partial charge in [0.25, 0.3) is 0 Å². The number of methoxy groups -OCH3 is 1. The van der Waals surface area contributed by atoms with Gasteiger partial charge < -0.3 is 29.9 Å². The molecule has 0 saturated carbocycles. The summed E-state index contributed by atoms with van der Waals surface area (Å²) in [6.45, 7) is 3.03. The van der Waals surface area contributed by atoms with Crippen LogP contribution in [0.25, 0.3) is 5.52 Å². The van der Waals surface area contributed by atoms with Crippen LogP contribution < -0.4 is 15.3 Å². The smallest absolute Gasteiger partial charge is 0.459 e. The Morgan fingerprint density at radius 2 is 1.90 bits per heavy atom. The first-order valence-electron chi connectivity index (χ1n) is 12.4. The van der Waals surface area contributed by atoms with Gasteiger partial charge in [-0.15, -0.1) is 0 Å². The van der Waals surface area contributed by atoms with Crippen molar-refractivity contribution in [1.29, 1.82) is 0 Å². The standard InChI is InChI=1S/C25H35FN5O8P/c1-16(2)12-37-24(34)17(3)30-40(35,39-18-8-6-5-7-9-18)38-14-25(13-26,36-4)22(33)21(32)19-10-11-20-23(27)28-15-29-31(19)20/h5-11,15-17,21-22,32-33H,12-14H2,1-4H3,(H,30,35)(H2,27,28,29)/t17-,21-,22-,25+,40?/m0/s1. The zero-order valence-corrected chi connectivity index (χ0v) is 23.5. The molecule has 5 N–H and O–H groups in total. The second-order valence-corrected chi connectivity index (χ2v) is 11.2. The molecule has 0 aliphatic rings. The number of halogens is 1. The predicted octanol–water partition coefficient (Wildman–Crippen LogP) is 2.44. The largest absolute Gasteiger partial charge is 0.464 e. The predicted molar refractivity (Wildman–Crippen MR) is 143 cm³/mol. The van der Waals surface area contributed by atoms with E-state index in [1.54, 1.807) is 18.2 Å². The van der Waals surface area contributed by atoms with E-state index >= 15 is 0 Å². The lowest BCUT2D eigenvalue weighted by Crippen LogP contribution is -2.53. The molecule has 1 unspecified atom stereocenters. The fourth-order valence-electron chi connectivity index (χ4n) is 3.65. The molecule has 13 nitrogen and oxygen atoms in total. The SMILES string of the molecule is CO[C@](CF)(COP(=O)(N[C@@H](C)C(=O)OCC(C)C)Oc1ccccc1)[C@@H](O)[C@@H](O)c1ccc2c(N)ncnn12. The van der Waals surface area contributed by atoms with Crippen LogP contribution in [0.5, 0.6) is 5.75 Å². The van der Waals surface area contributed by atoms with E-state index in [0.717, 1.165) is 13.4 Å². The minimum Gasteiger partial charge on any atom is -0.464 e. The maximum Gasteiger partial charge on any atom is 0.459 e. The topological polar surface area (TPSA) is 180 Å². The molecule has 0 spiro atoms. The monoisotopic (exact) mass is 583 g/mol. The summed E-state index contributed by atoms with van der Waals surface area (Å²) in [5.41, 5.74) is 4.03. The highest BCUT2D eigenvalue weighted by molar-refractivity contribution is 7.52. The number of para-hydroxylation sites is 1. The van der Waals surface area contributed by atoms with Crippen molar-refractivity contribution in [3.05, 3.63) is 54.5 Å². The molecule has 0 fully saturated rings. The lowest BCUT2D eigenvalue weighted by atomic mass is 9.93. The number of aliphatic hydroxyl groups excluding tert-OH is 2. The summed E-state index contributed by atoms with van der Waals surface area (Å²) < 4.78 is 51.2. The molecule has 3 rings (SSSR count). The number of rotatable bonds is 15. The van der Waals surface area contributed by atoms with E-state index in [2.05, 4.69) is 15.2 Å². The van der Waals surface area contributed by atoms with Crippen molar-refractivity contribution in [2.75, 3.05) is 32.7 Å².